The van der Waals surface area contributed by atoms with Gasteiger partial charge in [-0.25, -0.2) is 8.42 Å². The number of carbonyl (C=O) groups excluding carboxylic acids is 1. The summed E-state index contributed by atoms with van der Waals surface area (Å²) in [6.07, 6.45) is 0. The van der Waals surface area contributed by atoms with E-state index in [9.17, 15) is 13.2 Å². The lowest BCUT2D eigenvalue weighted by molar-refractivity contribution is 0.102. The second-order valence-electron chi connectivity index (χ2n) is 8.35. The van der Waals surface area contributed by atoms with Gasteiger partial charge in [0.1, 0.15) is 10.6 Å². The Hall–Kier alpha value is -3.40. The van der Waals surface area contributed by atoms with Crippen LogP contribution in [0.25, 0.3) is 0 Å². The zero-order valence-electron chi connectivity index (χ0n) is 20.5. The summed E-state index contributed by atoms with van der Waals surface area (Å²) in [5.74, 6) is -0.215. The molecule has 1 saturated heterocycles. The molecule has 0 atom stereocenters. The summed E-state index contributed by atoms with van der Waals surface area (Å²) in [5, 5.41) is 2.95. The molecule has 190 valence electrons. The van der Waals surface area contributed by atoms with Crippen molar-refractivity contribution in [2.75, 3.05) is 50.2 Å². The van der Waals surface area contributed by atoms with Gasteiger partial charge in [0.2, 0.25) is 10.0 Å². The predicted molar refractivity (Wildman–Crippen MR) is 140 cm³/mol. The van der Waals surface area contributed by atoms with Gasteiger partial charge in [-0.3, -0.25) is 4.79 Å². The Morgan fingerprint density at radius 2 is 1.72 bits per heavy atom. The Balaban J connectivity index is 1.62. The van der Waals surface area contributed by atoms with Gasteiger partial charge in [0, 0.05) is 31.7 Å². The molecular weight excluding hydrogens is 478 g/mol. The summed E-state index contributed by atoms with van der Waals surface area (Å²) in [7, 11) is -2.52. The number of morpholine rings is 1. The van der Waals surface area contributed by atoms with Crippen molar-refractivity contribution >= 4 is 27.3 Å². The van der Waals surface area contributed by atoms with Crippen molar-refractivity contribution in [3.8, 4) is 5.75 Å². The van der Waals surface area contributed by atoms with Crippen LogP contribution in [0.5, 0.6) is 5.75 Å². The fraction of sp³-hybridized carbons (Fsp3) is 0.296. The molecule has 1 amide bonds. The molecule has 0 spiro atoms. The third-order valence-corrected chi connectivity index (χ3v) is 8.04. The smallest absolute Gasteiger partial charge is 0.255 e. The first kappa shape index (κ1) is 25.7. The average molecular weight is 510 g/mol. The van der Waals surface area contributed by atoms with E-state index in [1.54, 1.807) is 13.0 Å². The van der Waals surface area contributed by atoms with Gasteiger partial charge < -0.3 is 19.7 Å². The van der Waals surface area contributed by atoms with E-state index in [4.69, 9.17) is 9.47 Å². The zero-order valence-corrected chi connectivity index (χ0v) is 21.3. The Labute approximate surface area is 212 Å². The highest BCUT2D eigenvalue weighted by molar-refractivity contribution is 7.89. The lowest BCUT2D eigenvalue weighted by Crippen LogP contribution is -2.36. The van der Waals surface area contributed by atoms with E-state index < -0.39 is 15.9 Å². The van der Waals surface area contributed by atoms with E-state index in [1.165, 1.54) is 23.5 Å². The second-order valence-corrected chi connectivity index (χ2v) is 10.3. The number of nitrogens with one attached hydrogen (secondary N) is 1. The molecule has 3 aromatic rings. The molecule has 1 fully saturated rings. The highest BCUT2D eigenvalue weighted by atomic mass is 32.2. The minimum Gasteiger partial charge on any atom is -0.495 e. The van der Waals surface area contributed by atoms with Gasteiger partial charge in [-0.2, -0.15) is 4.31 Å². The molecule has 1 heterocycles. The van der Waals surface area contributed by atoms with Crippen LogP contribution in [-0.4, -0.2) is 58.6 Å². The first-order chi connectivity index (χ1) is 17.4. The van der Waals surface area contributed by atoms with Gasteiger partial charge in [0.25, 0.3) is 5.91 Å². The highest BCUT2D eigenvalue weighted by Crippen LogP contribution is 2.31. The van der Waals surface area contributed by atoms with Crippen LogP contribution in [0.15, 0.2) is 77.7 Å². The number of para-hydroxylation sites is 2. The molecule has 36 heavy (non-hydrogen) atoms. The minimum absolute atomic E-state index is 0.0445. The Bertz CT molecular complexity index is 1290. The van der Waals surface area contributed by atoms with Crippen LogP contribution in [0.3, 0.4) is 0 Å². The zero-order chi connectivity index (χ0) is 25.5. The van der Waals surface area contributed by atoms with E-state index in [1.807, 2.05) is 54.6 Å². The molecular formula is C27H31N3O5S. The molecule has 0 radical (unpaired) electrons. The number of amides is 1. The molecule has 1 aliphatic rings. The monoisotopic (exact) mass is 509 g/mol. The van der Waals surface area contributed by atoms with Crippen LogP contribution in [-0.2, 0) is 21.3 Å². The predicted octanol–water partition coefficient (Wildman–Crippen LogP) is 3.99. The van der Waals surface area contributed by atoms with Crippen molar-refractivity contribution in [2.45, 2.75) is 18.4 Å². The largest absolute Gasteiger partial charge is 0.495 e. The van der Waals surface area contributed by atoms with Gasteiger partial charge in [-0.05, 0) is 35.9 Å². The van der Waals surface area contributed by atoms with Crippen LogP contribution < -0.4 is 15.0 Å². The van der Waals surface area contributed by atoms with Crippen molar-refractivity contribution in [1.82, 2.24) is 4.31 Å². The summed E-state index contributed by atoms with van der Waals surface area (Å²) >= 11 is 0. The quantitative estimate of drug-likeness (QED) is 0.469. The SMILES string of the molecule is CCN(Cc1ccccc1)S(=O)(=O)c1cc(C(=O)Nc2ccccc2N2CCOCC2)ccc1OC. The van der Waals surface area contributed by atoms with Crippen molar-refractivity contribution in [3.05, 3.63) is 83.9 Å². The number of hydrogen-bond donors (Lipinski definition) is 1. The summed E-state index contributed by atoms with van der Waals surface area (Å²) < 4.78 is 39.5. The number of ether oxygens (including phenoxy) is 2. The fourth-order valence-electron chi connectivity index (χ4n) is 4.17. The Morgan fingerprint density at radius 1 is 1.03 bits per heavy atom. The number of carbonyl (C=O) groups is 1. The van der Waals surface area contributed by atoms with Crippen LogP contribution in [0.1, 0.15) is 22.8 Å². The third-order valence-electron chi connectivity index (χ3n) is 6.10. The van der Waals surface area contributed by atoms with Crippen molar-refractivity contribution in [2.24, 2.45) is 0 Å². The van der Waals surface area contributed by atoms with Crippen LogP contribution in [0.2, 0.25) is 0 Å². The number of nitrogens with zero attached hydrogens (tertiary/aromatic N) is 2. The van der Waals surface area contributed by atoms with Crippen molar-refractivity contribution in [1.29, 1.82) is 0 Å². The van der Waals surface area contributed by atoms with Gasteiger partial charge in [0.15, 0.2) is 0 Å². The molecule has 0 saturated carbocycles. The summed E-state index contributed by atoms with van der Waals surface area (Å²) in [5.41, 5.74) is 2.65. The van der Waals surface area contributed by atoms with E-state index in [0.717, 1.165) is 24.3 Å². The van der Waals surface area contributed by atoms with Crippen LogP contribution in [0, 0.1) is 0 Å². The normalized spacial score (nSPS) is 14.0. The first-order valence-electron chi connectivity index (χ1n) is 11.9. The maximum Gasteiger partial charge on any atom is 0.255 e. The highest BCUT2D eigenvalue weighted by Gasteiger charge is 2.28. The second kappa shape index (κ2) is 11.6. The molecule has 0 unspecified atom stereocenters. The summed E-state index contributed by atoms with van der Waals surface area (Å²) in [6.45, 7) is 4.97. The van der Waals surface area contributed by atoms with Gasteiger partial charge in [0.05, 0.1) is 31.7 Å². The van der Waals surface area contributed by atoms with Gasteiger partial charge >= 0.3 is 0 Å². The molecule has 8 nitrogen and oxygen atoms in total. The lowest BCUT2D eigenvalue weighted by atomic mass is 10.1. The maximum atomic E-state index is 13.6. The van der Waals surface area contributed by atoms with Crippen molar-refractivity contribution in [3.63, 3.8) is 0 Å². The maximum absolute atomic E-state index is 13.6. The van der Waals surface area contributed by atoms with Gasteiger partial charge in [-0.1, -0.05) is 49.4 Å². The minimum atomic E-state index is -3.94. The third kappa shape index (κ3) is 5.70. The number of benzene rings is 3. The van der Waals surface area contributed by atoms with Gasteiger partial charge in [-0.15, -0.1) is 0 Å². The van der Waals surface area contributed by atoms with Crippen LogP contribution >= 0.6 is 0 Å². The van der Waals surface area contributed by atoms with Crippen molar-refractivity contribution < 1.29 is 22.7 Å². The standard InChI is InChI=1S/C27H31N3O5S/c1-3-30(20-21-9-5-4-6-10-21)36(32,33)26-19-22(13-14-25(26)34-2)27(31)28-23-11-7-8-12-24(23)29-15-17-35-18-16-29/h4-14,19H,3,15-18,20H2,1-2H3,(H,28,31). The molecule has 1 aliphatic heterocycles. The number of rotatable bonds is 9. The Kier molecular flexibility index (Phi) is 8.25. The van der Waals surface area contributed by atoms with Crippen LogP contribution in [0.4, 0.5) is 11.4 Å². The molecule has 0 bridgehead atoms. The summed E-state index contributed by atoms with van der Waals surface area (Å²) in [4.78, 5) is 15.4. The van der Waals surface area contributed by atoms with E-state index >= 15 is 0 Å². The summed E-state index contributed by atoms with van der Waals surface area (Å²) in [6, 6.07) is 21.4. The molecule has 4 rings (SSSR count). The lowest BCUT2D eigenvalue weighted by Gasteiger charge is -2.30. The molecule has 9 heteroatoms. The van der Waals surface area contributed by atoms with E-state index in [2.05, 4.69) is 10.2 Å². The number of sulfonamides is 1. The topological polar surface area (TPSA) is 88.2 Å². The molecule has 0 aliphatic carbocycles. The van der Waals surface area contributed by atoms with E-state index in [0.29, 0.717) is 18.9 Å². The number of methoxy groups -OCH3 is 1. The van der Waals surface area contributed by atoms with E-state index in [-0.39, 0.29) is 29.3 Å². The average Bonchev–Trinajstić information content (AvgIpc) is 2.92. The molecule has 3 aromatic carbocycles. The molecule has 0 aromatic heterocycles. The molecule has 1 N–H and O–H groups in total. The first-order valence-corrected chi connectivity index (χ1v) is 13.3. The fourth-order valence-corrected chi connectivity index (χ4v) is 5.78. The number of anilines is 2. The Morgan fingerprint density at radius 3 is 2.42 bits per heavy atom. The number of hydrogen-bond acceptors (Lipinski definition) is 6.